The average Bonchev–Trinajstić information content (AvgIpc) is 3.30. The average molecular weight is 532 g/mol. The Kier molecular flexibility index (Phi) is 8.34. The van der Waals surface area contributed by atoms with Gasteiger partial charge in [-0.1, -0.05) is 58.9 Å². The standard InChI is InChI=1S/C27H32F3N5O3/c1-15(2)17-10-21(35(14-17)24(37)22(26(3,4)5)34-25(38)27(28,29)30)23(36)33-20(11-31)19-13-32-12-16-8-6-7-9-18(16)19/h6-9,12-13,15,17,20-22H,10,14H2,1-5H3,(H,33,36)(H,34,38)/t17-,20-,21+,22-/m1/s1. The Labute approximate surface area is 219 Å². The zero-order chi connectivity index (χ0) is 28.4. The zero-order valence-electron chi connectivity index (χ0n) is 22.0. The van der Waals surface area contributed by atoms with Crippen molar-refractivity contribution in [1.82, 2.24) is 20.5 Å². The molecule has 3 rings (SSSR count). The lowest BCUT2D eigenvalue weighted by Crippen LogP contribution is -2.59. The zero-order valence-corrected chi connectivity index (χ0v) is 22.0. The molecule has 1 aliphatic heterocycles. The number of likely N-dealkylation sites (tertiary alicyclic amines) is 1. The molecule has 1 aromatic heterocycles. The molecule has 11 heteroatoms. The number of carbonyl (C=O) groups is 3. The van der Waals surface area contributed by atoms with Gasteiger partial charge in [-0.2, -0.15) is 18.4 Å². The molecular formula is C27H32F3N5O3. The van der Waals surface area contributed by atoms with Crippen molar-refractivity contribution in [2.45, 2.75) is 65.3 Å². The van der Waals surface area contributed by atoms with Crippen molar-refractivity contribution >= 4 is 28.5 Å². The number of carbonyl (C=O) groups excluding carboxylic acids is 3. The summed E-state index contributed by atoms with van der Waals surface area (Å²) in [7, 11) is 0. The third-order valence-corrected chi connectivity index (χ3v) is 6.93. The molecule has 0 saturated carbocycles. The van der Waals surface area contributed by atoms with Crippen molar-refractivity contribution in [3.63, 3.8) is 0 Å². The summed E-state index contributed by atoms with van der Waals surface area (Å²) in [6, 6.07) is 5.72. The number of fused-ring (bicyclic) bond motifs is 1. The van der Waals surface area contributed by atoms with E-state index in [0.29, 0.717) is 5.56 Å². The van der Waals surface area contributed by atoms with Gasteiger partial charge in [-0.05, 0) is 29.1 Å². The molecule has 4 atom stereocenters. The maximum atomic E-state index is 13.6. The van der Waals surface area contributed by atoms with Gasteiger partial charge in [0.25, 0.3) is 0 Å². The van der Waals surface area contributed by atoms with Crippen LogP contribution in [0, 0.1) is 28.6 Å². The molecule has 3 amide bonds. The van der Waals surface area contributed by atoms with Gasteiger partial charge in [0.05, 0.1) is 6.07 Å². The van der Waals surface area contributed by atoms with Crippen molar-refractivity contribution in [1.29, 1.82) is 5.26 Å². The number of benzene rings is 1. The molecule has 0 aliphatic carbocycles. The Morgan fingerprint density at radius 1 is 1.11 bits per heavy atom. The van der Waals surface area contributed by atoms with E-state index in [0.717, 1.165) is 10.8 Å². The van der Waals surface area contributed by atoms with Crippen molar-refractivity contribution < 1.29 is 27.6 Å². The Morgan fingerprint density at radius 2 is 1.76 bits per heavy atom. The smallest absolute Gasteiger partial charge is 0.336 e. The largest absolute Gasteiger partial charge is 0.471 e. The summed E-state index contributed by atoms with van der Waals surface area (Å²) in [6.45, 7) is 8.61. The van der Waals surface area contributed by atoms with E-state index in [4.69, 9.17) is 0 Å². The van der Waals surface area contributed by atoms with E-state index in [1.807, 2.05) is 31.3 Å². The lowest BCUT2D eigenvalue weighted by molar-refractivity contribution is -0.176. The maximum Gasteiger partial charge on any atom is 0.471 e. The van der Waals surface area contributed by atoms with E-state index in [2.05, 4.69) is 16.4 Å². The van der Waals surface area contributed by atoms with Crippen LogP contribution in [-0.2, 0) is 14.4 Å². The fourth-order valence-corrected chi connectivity index (χ4v) is 4.66. The van der Waals surface area contributed by atoms with E-state index in [-0.39, 0.29) is 24.8 Å². The summed E-state index contributed by atoms with van der Waals surface area (Å²) in [5, 5.41) is 15.9. The SMILES string of the molecule is CC(C)[C@@H]1C[C@@H](C(=O)N[C@H](C#N)c2cncc3ccccc23)N(C(=O)[C@@H](NC(=O)C(F)(F)F)C(C)(C)C)C1. The number of hydrogen-bond acceptors (Lipinski definition) is 5. The molecule has 0 unspecified atom stereocenters. The Hall–Kier alpha value is -3.68. The molecule has 2 heterocycles. The molecular weight excluding hydrogens is 499 g/mol. The van der Waals surface area contributed by atoms with Gasteiger partial charge >= 0.3 is 12.1 Å². The number of halogens is 3. The summed E-state index contributed by atoms with van der Waals surface area (Å²) in [5.41, 5.74) is -0.584. The predicted octanol–water partition coefficient (Wildman–Crippen LogP) is 3.88. The second-order valence-electron chi connectivity index (χ2n) is 11.0. The first-order valence-corrected chi connectivity index (χ1v) is 12.4. The predicted molar refractivity (Wildman–Crippen MR) is 134 cm³/mol. The van der Waals surface area contributed by atoms with Crippen LogP contribution < -0.4 is 10.6 Å². The third kappa shape index (κ3) is 6.23. The highest BCUT2D eigenvalue weighted by Crippen LogP contribution is 2.33. The molecule has 0 radical (unpaired) electrons. The molecule has 2 aromatic rings. The minimum atomic E-state index is -5.17. The fraction of sp³-hybridized carbons (Fsp3) is 0.519. The van der Waals surface area contributed by atoms with Crippen LogP contribution >= 0.6 is 0 Å². The number of nitrogens with zero attached hydrogens (tertiary/aromatic N) is 3. The molecule has 1 aliphatic rings. The van der Waals surface area contributed by atoms with Crippen LogP contribution in [0.3, 0.4) is 0 Å². The summed E-state index contributed by atoms with van der Waals surface area (Å²) >= 11 is 0. The maximum absolute atomic E-state index is 13.6. The first kappa shape index (κ1) is 28.9. The quantitative estimate of drug-likeness (QED) is 0.587. The van der Waals surface area contributed by atoms with Gasteiger partial charge in [-0.15, -0.1) is 0 Å². The molecule has 8 nitrogen and oxygen atoms in total. The molecule has 1 fully saturated rings. The number of amides is 3. The highest BCUT2D eigenvalue weighted by molar-refractivity contribution is 5.94. The Balaban J connectivity index is 1.92. The van der Waals surface area contributed by atoms with Crippen LogP contribution in [0.25, 0.3) is 10.8 Å². The monoisotopic (exact) mass is 531 g/mol. The lowest BCUT2D eigenvalue weighted by Gasteiger charge is -2.35. The number of pyridine rings is 1. The summed E-state index contributed by atoms with van der Waals surface area (Å²) in [5.74, 6) is -3.63. The number of hydrogen-bond donors (Lipinski definition) is 2. The molecule has 2 N–H and O–H groups in total. The van der Waals surface area contributed by atoms with Crippen molar-refractivity contribution in [3.05, 3.63) is 42.2 Å². The number of alkyl halides is 3. The Bertz CT molecular complexity index is 1240. The van der Waals surface area contributed by atoms with Gasteiger partial charge in [0, 0.05) is 29.9 Å². The van der Waals surface area contributed by atoms with E-state index in [9.17, 15) is 32.8 Å². The highest BCUT2D eigenvalue weighted by atomic mass is 19.4. The van der Waals surface area contributed by atoms with Crippen molar-refractivity contribution in [2.75, 3.05) is 6.54 Å². The summed E-state index contributed by atoms with van der Waals surface area (Å²) in [6.07, 6.45) is -1.77. The lowest BCUT2D eigenvalue weighted by atomic mass is 9.85. The summed E-state index contributed by atoms with van der Waals surface area (Å²) < 4.78 is 39.1. The van der Waals surface area contributed by atoms with Crippen LogP contribution in [0.5, 0.6) is 0 Å². The molecule has 0 bridgehead atoms. The second kappa shape index (κ2) is 11.0. The topological polar surface area (TPSA) is 115 Å². The van der Waals surface area contributed by atoms with Gasteiger partial charge in [0.2, 0.25) is 11.8 Å². The third-order valence-electron chi connectivity index (χ3n) is 6.93. The highest BCUT2D eigenvalue weighted by Gasteiger charge is 2.48. The van der Waals surface area contributed by atoms with Crippen LogP contribution in [0.4, 0.5) is 13.2 Å². The van der Waals surface area contributed by atoms with Crippen LogP contribution in [0.1, 0.15) is 52.6 Å². The van der Waals surface area contributed by atoms with E-state index in [1.165, 1.54) is 31.9 Å². The van der Waals surface area contributed by atoms with Crippen molar-refractivity contribution in [3.8, 4) is 6.07 Å². The van der Waals surface area contributed by atoms with E-state index in [1.54, 1.807) is 18.3 Å². The minimum Gasteiger partial charge on any atom is -0.336 e. The second-order valence-corrected chi connectivity index (χ2v) is 11.0. The molecule has 1 aromatic carbocycles. The number of rotatable bonds is 6. The number of nitrogens with one attached hydrogen (secondary N) is 2. The minimum absolute atomic E-state index is 0.0787. The molecule has 0 spiro atoms. The van der Waals surface area contributed by atoms with Gasteiger partial charge < -0.3 is 15.5 Å². The summed E-state index contributed by atoms with van der Waals surface area (Å²) in [4.78, 5) is 44.3. The fourth-order valence-electron chi connectivity index (χ4n) is 4.66. The number of aromatic nitrogens is 1. The van der Waals surface area contributed by atoms with Gasteiger partial charge in [0.1, 0.15) is 18.1 Å². The normalized spacial score (nSPS) is 19.6. The van der Waals surface area contributed by atoms with E-state index >= 15 is 0 Å². The molecule has 204 valence electrons. The van der Waals surface area contributed by atoms with Crippen LogP contribution in [0.2, 0.25) is 0 Å². The van der Waals surface area contributed by atoms with Gasteiger partial charge in [-0.3, -0.25) is 19.4 Å². The first-order chi connectivity index (χ1) is 17.6. The van der Waals surface area contributed by atoms with Gasteiger partial charge in [-0.25, -0.2) is 0 Å². The van der Waals surface area contributed by atoms with Crippen molar-refractivity contribution in [2.24, 2.45) is 17.3 Å². The molecule has 38 heavy (non-hydrogen) atoms. The van der Waals surface area contributed by atoms with Crippen LogP contribution in [-0.4, -0.2) is 52.4 Å². The number of nitriles is 1. The first-order valence-electron chi connectivity index (χ1n) is 12.4. The van der Waals surface area contributed by atoms with Gasteiger partial charge in [0.15, 0.2) is 0 Å². The van der Waals surface area contributed by atoms with Crippen LogP contribution in [0.15, 0.2) is 36.7 Å². The molecule has 1 saturated heterocycles. The van der Waals surface area contributed by atoms with E-state index < -0.39 is 47.4 Å². The Morgan fingerprint density at radius 3 is 2.34 bits per heavy atom.